The van der Waals surface area contributed by atoms with E-state index in [4.69, 9.17) is 4.43 Å². The van der Waals surface area contributed by atoms with Crippen molar-refractivity contribution in [1.29, 1.82) is 0 Å². The van der Waals surface area contributed by atoms with Crippen molar-refractivity contribution in [2.75, 3.05) is 7.05 Å². The molecular weight excluding hydrogens is 393 g/mol. The van der Waals surface area contributed by atoms with Crippen LogP contribution in [0.15, 0.2) is 11.9 Å². The van der Waals surface area contributed by atoms with E-state index in [1.807, 2.05) is 0 Å². The van der Waals surface area contributed by atoms with E-state index < -0.39 is 20.1 Å². The van der Waals surface area contributed by atoms with E-state index in [2.05, 4.69) is 47.7 Å². The van der Waals surface area contributed by atoms with Crippen LogP contribution in [0.1, 0.15) is 73.1 Å². The molecule has 0 radical (unpaired) electrons. The van der Waals surface area contributed by atoms with Crippen molar-refractivity contribution in [2.45, 2.75) is 103 Å². The number of carbonyl (C=O) groups excluding carboxylic acids is 1. The zero-order valence-corrected chi connectivity index (χ0v) is 21.3. The van der Waals surface area contributed by atoms with E-state index in [9.17, 15) is 9.18 Å². The zero-order valence-electron chi connectivity index (χ0n) is 20.3. The number of hydrogen-bond acceptors (Lipinski definition) is 2. The number of likely N-dealkylation sites (N-methyl/N-ethyl adjacent to an activating group) is 1. The molecule has 0 spiro atoms. The first-order valence-corrected chi connectivity index (χ1v) is 15.0. The third-order valence-corrected chi connectivity index (χ3v) is 14.8. The van der Waals surface area contributed by atoms with Gasteiger partial charge in [-0.15, -0.1) is 0 Å². The van der Waals surface area contributed by atoms with E-state index >= 15 is 0 Å². The lowest BCUT2D eigenvalue weighted by Crippen LogP contribution is -2.60. The highest BCUT2D eigenvalue weighted by Crippen LogP contribution is 2.65. The van der Waals surface area contributed by atoms with E-state index in [1.165, 1.54) is 12.8 Å². The van der Waals surface area contributed by atoms with Crippen LogP contribution in [0, 0.1) is 28.6 Å². The van der Waals surface area contributed by atoms with Gasteiger partial charge in [-0.05, 0) is 85.9 Å². The van der Waals surface area contributed by atoms with Crippen LogP contribution in [0.4, 0.5) is 4.39 Å². The van der Waals surface area contributed by atoms with Gasteiger partial charge in [-0.3, -0.25) is 4.79 Å². The minimum Gasteiger partial charge on any atom is -0.413 e. The molecule has 0 saturated heterocycles. The lowest BCUT2D eigenvalue weighted by atomic mass is 9.48. The van der Waals surface area contributed by atoms with Crippen LogP contribution in [0.5, 0.6) is 0 Å². The molecule has 0 aromatic heterocycles. The van der Waals surface area contributed by atoms with Crippen molar-refractivity contribution in [3.63, 3.8) is 0 Å². The summed E-state index contributed by atoms with van der Waals surface area (Å²) in [4.78, 5) is 13.9. The molecule has 0 aromatic rings. The van der Waals surface area contributed by atoms with Crippen LogP contribution in [-0.4, -0.2) is 38.3 Å². The van der Waals surface area contributed by atoms with Crippen LogP contribution >= 0.6 is 0 Å². The molecule has 0 aromatic carbocycles. The normalized spacial score (nSPS) is 44.3. The van der Waals surface area contributed by atoms with Crippen molar-refractivity contribution in [1.82, 2.24) is 4.90 Å². The summed E-state index contributed by atoms with van der Waals surface area (Å²) in [6.45, 7) is 16.4. The fourth-order valence-electron chi connectivity index (χ4n) is 7.51. The molecule has 0 unspecified atom stereocenters. The Hall–Kier alpha value is -0.683. The summed E-state index contributed by atoms with van der Waals surface area (Å²) >= 11 is 0. The van der Waals surface area contributed by atoms with Crippen LogP contribution in [0.25, 0.3) is 0 Å². The molecule has 1 heterocycles. The van der Waals surface area contributed by atoms with Gasteiger partial charge in [0.1, 0.15) is 0 Å². The first kappa shape index (κ1) is 22.5. The lowest BCUT2D eigenvalue weighted by molar-refractivity contribution is -0.143. The lowest BCUT2D eigenvalue weighted by Gasteiger charge is -2.60. The summed E-state index contributed by atoms with van der Waals surface area (Å²) < 4.78 is 21.6. The maximum absolute atomic E-state index is 14.6. The van der Waals surface area contributed by atoms with Crippen molar-refractivity contribution < 1.29 is 13.6 Å². The standard InChI is InChI=1S/C25H42FNO2Si/c1-23(2,3)30(7,8)29-21-12-10-17-16-9-11-20-25(5,15-19(26)22(28)27(20)6)18(16)13-14-24(17,21)4/h15-18,20-21H,9-14H2,1-8H3/t16-,17-,18-,20+,21-,24-,25+/m0/s1. The van der Waals surface area contributed by atoms with Crippen LogP contribution in [-0.2, 0) is 9.22 Å². The van der Waals surface area contributed by atoms with Gasteiger partial charge in [-0.1, -0.05) is 34.6 Å². The van der Waals surface area contributed by atoms with E-state index in [0.717, 1.165) is 25.7 Å². The molecule has 3 aliphatic carbocycles. The fraction of sp³-hybridized carbons (Fsp3) is 0.880. The van der Waals surface area contributed by atoms with Gasteiger partial charge in [-0.2, -0.15) is 0 Å². The van der Waals surface area contributed by atoms with E-state index in [1.54, 1.807) is 18.0 Å². The Labute approximate surface area is 183 Å². The van der Waals surface area contributed by atoms with Gasteiger partial charge in [0.05, 0.1) is 6.10 Å². The maximum atomic E-state index is 14.6. The Kier molecular flexibility index (Phi) is 5.18. The third kappa shape index (κ3) is 3.08. The first-order valence-electron chi connectivity index (χ1n) is 12.1. The Morgan fingerprint density at radius 1 is 1.10 bits per heavy atom. The minimum absolute atomic E-state index is 0.135. The Bertz CT molecular complexity index is 759. The average molecular weight is 436 g/mol. The predicted molar refractivity (Wildman–Crippen MR) is 122 cm³/mol. The van der Waals surface area contributed by atoms with Crippen molar-refractivity contribution in [3.8, 4) is 0 Å². The van der Waals surface area contributed by atoms with Gasteiger partial charge < -0.3 is 9.33 Å². The number of carbonyl (C=O) groups is 1. The van der Waals surface area contributed by atoms with Crippen LogP contribution < -0.4 is 0 Å². The molecule has 4 rings (SSSR count). The first-order chi connectivity index (χ1) is 13.7. The molecule has 1 aliphatic heterocycles. The number of fused-ring (bicyclic) bond motifs is 5. The fourth-order valence-corrected chi connectivity index (χ4v) is 8.96. The minimum atomic E-state index is -1.81. The molecule has 170 valence electrons. The topological polar surface area (TPSA) is 29.5 Å². The van der Waals surface area contributed by atoms with Crippen molar-refractivity contribution >= 4 is 14.2 Å². The Morgan fingerprint density at radius 3 is 2.40 bits per heavy atom. The van der Waals surface area contributed by atoms with Gasteiger partial charge in [0.25, 0.3) is 5.91 Å². The molecule has 0 bridgehead atoms. The molecule has 3 nitrogen and oxygen atoms in total. The third-order valence-electron chi connectivity index (χ3n) is 10.3. The number of halogens is 1. The molecule has 4 aliphatic rings. The summed E-state index contributed by atoms with van der Waals surface area (Å²) in [5, 5.41) is 0.228. The monoisotopic (exact) mass is 435 g/mol. The van der Waals surface area contributed by atoms with Crippen molar-refractivity contribution in [2.24, 2.45) is 28.6 Å². The maximum Gasteiger partial charge on any atom is 0.282 e. The van der Waals surface area contributed by atoms with Gasteiger partial charge in [0.2, 0.25) is 0 Å². The largest absolute Gasteiger partial charge is 0.413 e. The Balaban J connectivity index is 1.61. The van der Waals surface area contributed by atoms with Crippen LogP contribution in [0.3, 0.4) is 0 Å². The van der Waals surface area contributed by atoms with Crippen molar-refractivity contribution in [3.05, 3.63) is 11.9 Å². The second-order valence-corrected chi connectivity index (χ2v) is 17.5. The van der Waals surface area contributed by atoms with Gasteiger partial charge in [0.15, 0.2) is 14.1 Å². The number of nitrogens with zero attached hydrogens (tertiary/aromatic N) is 1. The highest BCUT2D eigenvalue weighted by molar-refractivity contribution is 6.74. The molecule has 7 atom stereocenters. The smallest absolute Gasteiger partial charge is 0.282 e. The Morgan fingerprint density at radius 2 is 1.77 bits per heavy atom. The molecule has 30 heavy (non-hydrogen) atoms. The molecular formula is C25H42FNO2Si. The second-order valence-electron chi connectivity index (χ2n) is 12.7. The van der Waals surface area contributed by atoms with Gasteiger partial charge in [0, 0.05) is 18.5 Å². The molecule has 1 amide bonds. The van der Waals surface area contributed by atoms with Crippen LogP contribution in [0.2, 0.25) is 18.1 Å². The zero-order chi connectivity index (χ0) is 22.3. The van der Waals surface area contributed by atoms with Gasteiger partial charge in [-0.25, -0.2) is 4.39 Å². The number of hydrogen-bond donors (Lipinski definition) is 0. The van der Waals surface area contributed by atoms with E-state index in [0.29, 0.717) is 23.9 Å². The highest BCUT2D eigenvalue weighted by atomic mass is 28.4. The van der Waals surface area contributed by atoms with Gasteiger partial charge >= 0.3 is 0 Å². The number of amides is 1. The summed E-state index contributed by atoms with van der Waals surface area (Å²) in [5.41, 5.74) is -0.00606. The number of rotatable bonds is 2. The van der Waals surface area contributed by atoms with E-state index in [-0.39, 0.29) is 21.9 Å². The summed E-state index contributed by atoms with van der Waals surface area (Å²) in [7, 11) is -0.0135. The second kappa shape index (κ2) is 6.91. The average Bonchev–Trinajstić information content (AvgIpc) is 2.95. The molecule has 5 heteroatoms. The quantitative estimate of drug-likeness (QED) is 0.475. The summed E-state index contributed by atoms with van der Waals surface area (Å²) in [5.74, 6) is 0.755. The summed E-state index contributed by atoms with van der Waals surface area (Å²) in [6.07, 6.45) is 8.89. The molecule has 3 saturated carbocycles. The molecule has 0 N–H and O–H groups in total. The highest BCUT2D eigenvalue weighted by Gasteiger charge is 2.62. The summed E-state index contributed by atoms with van der Waals surface area (Å²) in [6, 6.07) is 0.135. The predicted octanol–water partition coefficient (Wildman–Crippen LogP) is 6.31. The SMILES string of the molecule is CN1C(=O)C(F)=C[C@]2(C)[C@H]3CC[C@]4(C)[C@@H](O[Si](C)(C)C(C)(C)C)CC[C@H]4[C@@H]3CC[C@@H]12. The molecule has 3 fully saturated rings.